The van der Waals surface area contributed by atoms with E-state index in [0.717, 1.165) is 30.0 Å². The molecule has 1 aromatic carbocycles. The number of nitrogens with one attached hydrogen (secondary N) is 1. The summed E-state index contributed by atoms with van der Waals surface area (Å²) in [5.74, 6) is 0.992. The van der Waals surface area contributed by atoms with Gasteiger partial charge in [-0.05, 0) is 53.6 Å². The minimum absolute atomic E-state index is 0.0741. The smallest absolute Gasteiger partial charge is 0.230 e. The molecule has 10 heteroatoms. The molecule has 2 aromatic heterocycles. The Bertz CT molecular complexity index is 948. The van der Waals surface area contributed by atoms with Crippen molar-refractivity contribution in [2.75, 3.05) is 12.9 Å². The highest BCUT2D eigenvalue weighted by Gasteiger charge is 2.22. The highest BCUT2D eigenvalue weighted by Crippen LogP contribution is 2.31. The maximum absolute atomic E-state index is 12.2. The van der Waals surface area contributed by atoms with Gasteiger partial charge in [0.25, 0.3) is 0 Å². The van der Waals surface area contributed by atoms with Crippen LogP contribution >= 0.6 is 11.8 Å². The number of carbonyl (C=O) groups excluding carboxylic acids is 1. The number of aromatic nitrogens is 6. The summed E-state index contributed by atoms with van der Waals surface area (Å²) < 4.78 is 8.80. The average molecular weight is 414 g/mol. The van der Waals surface area contributed by atoms with Crippen molar-refractivity contribution >= 4 is 17.7 Å². The number of thioether (sulfide) groups is 1. The van der Waals surface area contributed by atoms with Gasteiger partial charge in [-0.3, -0.25) is 4.79 Å². The Morgan fingerprint density at radius 1 is 1.24 bits per heavy atom. The molecule has 1 saturated carbocycles. The van der Waals surface area contributed by atoms with Gasteiger partial charge >= 0.3 is 0 Å². The van der Waals surface area contributed by atoms with Crippen molar-refractivity contribution in [3.8, 4) is 11.4 Å². The zero-order chi connectivity index (χ0) is 20.1. The van der Waals surface area contributed by atoms with E-state index in [1.165, 1.54) is 24.6 Å². The molecule has 1 amide bonds. The van der Waals surface area contributed by atoms with Crippen LogP contribution in [0.25, 0.3) is 5.69 Å². The zero-order valence-electron chi connectivity index (χ0n) is 16.2. The van der Waals surface area contributed by atoms with Gasteiger partial charge in [-0.1, -0.05) is 24.6 Å². The molecule has 29 heavy (non-hydrogen) atoms. The fourth-order valence-electron chi connectivity index (χ4n) is 3.36. The Labute approximate surface area is 172 Å². The van der Waals surface area contributed by atoms with Crippen LogP contribution < -0.4 is 10.1 Å². The van der Waals surface area contributed by atoms with Crippen LogP contribution in [0.2, 0.25) is 0 Å². The van der Waals surface area contributed by atoms with Crippen LogP contribution in [-0.2, 0) is 11.3 Å². The van der Waals surface area contributed by atoms with Crippen LogP contribution in [0.15, 0.2) is 41.7 Å². The molecule has 1 N–H and O–H groups in total. The number of amides is 1. The van der Waals surface area contributed by atoms with Gasteiger partial charge in [0.15, 0.2) is 0 Å². The van der Waals surface area contributed by atoms with Gasteiger partial charge in [0, 0.05) is 6.20 Å². The second kappa shape index (κ2) is 9.08. The van der Waals surface area contributed by atoms with E-state index >= 15 is 0 Å². The minimum atomic E-state index is -0.0741. The van der Waals surface area contributed by atoms with Crippen molar-refractivity contribution in [1.29, 1.82) is 0 Å². The summed E-state index contributed by atoms with van der Waals surface area (Å²) in [7, 11) is 1.64. The molecule has 0 unspecified atom stereocenters. The average Bonchev–Trinajstić information content (AvgIpc) is 3.52. The number of rotatable bonds is 8. The summed E-state index contributed by atoms with van der Waals surface area (Å²) in [6, 6.07) is 9.87. The summed E-state index contributed by atoms with van der Waals surface area (Å²) in [4.78, 5) is 12.2. The number of ether oxygens (including phenoxy) is 1. The van der Waals surface area contributed by atoms with Crippen molar-refractivity contribution in [1.82, 2.24) is 35.3 Å². The summed E-state index contributed by atoms with van der Waals surface area (Å²) >= 11 is 1.37. The van der Waals surface area contributed by atoms with Crippen LogP contribution in [-0.4, -0.2) is 48.8 Å². The largest absolute Gasteiger partial charge is 0.497 e. The first-order valence-electron chi connectivity index (χ1n) is 9.59. The van der Waals surface area contributed by atoms with E-state index in [1.54, 1.807) is 11.8 Å². The van der Waals surface area contributed by atoms with Gasteiger partial charge in [0.2, 0.25) is 11.1 Å². The lowest BCUT2D eigenvalue weighted by Gasteiger charge is -2.10. The lowest BCUT2D eigenvalue weighted by molar-refractivity contribution is -0.118. The second-order valence-electron chi connectivity index (χ2n) is 6.86. The third kappa shape index (κ3) is 4.76. The standard InChI is InChI=1S/C19H23N7O2S/c1-28-17-8-6-15(7-9-17)25-11-10-14(22-25)12-20-18(27)13-29-19-21-23-24-26(19)16-4-2-3-5-16/h6-11,16H,2-5,12-13H2,1H3,(H,20,27). The van der Waals surface area contributed by atoms with Crippen molar-refractivity contribution < 1.29 is 9.53 Å². The number of hydrogen-bond donors (Lipinski definition) is 1. The van der Waals surface area contributed by atoms with E-state index in [4.69, 9.17) is 4.74 Å². The van der Waals surface area contributed by atoms with Gasteiger partial charge in [-0.2, -0.15) is 5.10 Å². The minimum Gasteiger partial charge on any atom is -0.497 e. The van der Waals surface area contributed by atoms with Gasteiger partial charge in [0.1, 0.15) is 5.75 Å². The Balaban J connectivity index is 1.27. The van der Waals surface area contributed by atoms with E-state index < -0.39 is 0 Å². The molecule has 1 aliphatic carbocycles. The molecule has 0 atom stereocenters. The van der Waals surface area contributed by atoms with Crippen molar-refractivity contribution in [2.24, 2.45) is 0 Å². The fraction of sp³-hybridized carbons (Fsp3) is 0.421. The van der Waals surface area contributed by atoms with E-state index in [1.807, 2.05) is 41.2 Å². The van der Waals surface area contributed by atoms with Gasteiger partial charge < -0.3 is 10.1 Å². The number of hydrogen-bond acceptors (Lipinski definition) is 7. The fourth-order valence-corrected chi connectivity index (χ4v) is 4.14. The molecule has 0 spiro atoms. The molecule has 4 rings (SSSR count). The third-order valence-electron chi connectivity index (χ3n) is 4.91. The first kappa shape index (κ1) is 19.4. The third-order valence-corrected chi connectivity index (χ3v) is 5.85. The first-order chi connectivity index (χ1) is 14.2. The molecule has 1 fully saturated rings. The zero-order valence-corrected chi connectivity index (χ0v) is 17.0. The summed E-state index contributed by atoms with van der Waals surface area (Å²) in [5, 5.41) is 20.0. The van der Waals surface area contributed by atoms with Crippen LogP contribution in [0.5, 0.6) is 5.75 Å². The molecule has 152 valence electrons. The van der Waals surface area contributed by atoms with Crippen molar-refractivity contribution in [2.45, 2.75) is 43.4 Å². The van der Waals surface area contributed by atoms with Crippen LogP contribution in [0, 0.1) is 0 Å². The van der Waals surface area contributed by atoms with E-state index in [2.05, 4.69) is 25.9 Å². The number of benzene rings is 1. The Morgan fingerprint density at radius 3 is 2.79 bits per heavy atom. The number of carbonyl (C=O) groups is 1. The maximum atomic E-state index is 12.2. The monoisotopic (exact) mass is 413 g/mol. The first-order valence-corrected chi connectivity index (χ1v) is 10.6. The molecule has 0 aliphatic heterocycles. The molecular weight excluding hydrogens is 390 g/mol. The lowest BCUT2D eigenvalue weighted by atomic mass is 10.3. The highest BCUT2D eigenvalue weighted by atomic mass is 32.2. The molecule has 2 heterocycles. The van der Waals surface area contributed by atoms with Gasteiger partial charge in [-0.25, -0.2) is 9.36 Å². The molecule has 9 nitrogen and oxygen atoms in total. The number of nitrogens with zero attached hydrogens (tertiary/aromatic N) is 6. The molecule has 0 bridgehead atoms. The Kier molecular flexibility index (Phi) is 6.09. The molecule has 3 aromatic rings. The highest BCUT2D eigenvalue weighted by molar-refractivity contribution is 7.99. The predicted octanol–water partition coefficient (Wildman–Crippen LogP) is 2.39. The van der Waals surface area contributed by atoms with Gasteiger partial charge in [0.05, 0.1) is 36.8 Å². The SMILES string of the molecule is COc1ccc(-n2ccc(CNC(=O)CSc3nnnn3C3CCCC3)n2)cc1. The van der Waals surface area contributed by atoms with Crippen LogP contribution in [0.3, 0.4) is 0 Å². The topological polar surface area (TPSA) is 99.7 Å². The Hall–Kier alpha value is -2.88. The van der Waals surface area contributed by atoms with E-state index in [9.17, 15) is 4.79 Å². The Morgan fingerprint density at radius 2 is 2.03 bits per heavy atom. The van der Waals surface area contributed by atoms with Crippen molar-refractivity contribution in [3.63, 3.8) is 0 Å². The number of tetrazole rings is 1. The molecular formula is C19H23N7O2S. The predicted molar refractivity (Wildman–Crippen MR) is 108 cm³/mol. The van der Waals surface area contributed by atoms with E-state index in [-0.39, 0.29) is 11.7 Å². The number of methoxy groups -OCH3 is 1. The maximum Gasteiger partial charge on any atom is 0.230 e. The molecule has 0 saturated heterocycles. The summed E-state index contributed by atoms with van der Waals surface area (Å²) in [5.41, 5.74) is 1.72. The van der Waals surface area contributed by atoms with Crippen LogP contribution in [0.1, 0.15) is 37.4 Å². The summed E-state index contributed by atoms with van der Waals surface area (Å²) in [6.07, 6.45) is 6.48. The summed E-state index contributed by atoms with van der Waals surface area (Å²) in [6.45, 7) is 0.371. The lowest BCUT2D eigenvalue weighted by Crippen LogP contribution is -2.25. The van der Waals surface area contributed by atoms with Gasteiger partial charge in [-0.15, -0.1) is 5.10 Å². The van der Waals surface area contributed by atoms with E-state index in [0.29, 0.717) is 17.7 Å². The second-order valence-corrected chi connectivity index (χ2v) is 7.80. The van der Waals surface area contributed by atoms with Crippen molar-refractivity contribution in [3.05, 3.63) is 42.2 Å². The normalized spacial score (nSPS) is 14.2. The quantitative estimate of drug-likeness (QED) is 0.566. The molecule has 1 aliphatic rings. The molecule has 0 radical (unpaired) electrons. The van der Waals surface area contributed by atoms with Crippen LogP contribution in [0.4, 0.5) is 0 Å².